The van der Waals surface area contributed by atoms with Crippen LogP contribution in [0.2, 0.25) is 0 Å². The minimum Gasteiger partial charge on any atom is -0.383 e. The van der Waals surface area contributed by atoms with Crippen molar-refractivity contribution in [1.82, 2.24) is 10.3 Å². The lowest BCUT2D eigenvalue weighted by molar-refractivity contribution is 0.00767. The van der Waals surface area contributed by atoms with Crippen molar-refractivity contribution in [2.75, 3.05) is 19.4 Å². The van der Waals surface area contributed by atoms with E-state index in [-0.39, 0.29) is 12.1 Å². The fourth-order valence-corrected chi connectivity index (χ4v) is 3.46. The number of anilines is 1. The topological polar surface area (TPSA) is 60.2 Å². The van der Waals surface area contributed by atoms with E-state index in [2.05, 4.69) is 23.3 Å². The maximum atomic E-state index is 6.11. The molecule has 2 rings (SSSR count). The SMILES string of the molecule is CCCNC(c1cccnc1N)C(OC)C1CCCCC1. The lowest BCUT2D eigenvalue weighted by atomic mass is 9.81. The van der Waals surface area contributed by atoms with Gasteiger partial charge in [0.2, 0.25) is 0 Å². The smallest absolute Gasteiger partial charge is 0.128 e. The maximum Gasteiger partial charge on any atom is 0.128 e. The number of nitrogen functional groups attached to an aromatic ring is 1. The van der Waals surface area contributed by atoms with Crippen LogP contribution in [0.5, 0.6) is 0 Å². The standard InChI is InChI=1S/C17H29N3O/c1-3-11-19-15(14-10-7-12-20-17(14)18)16(21-2)13-8-5-4-6-9-13/h7,10,12-13,15-16,19H,3-6,8-9,11H2,1-2H3,(H2,18,20). The highest BCUT2D eigenvalue weighted by molar-refractivity contribution is 5.41. The van der Waals surface area contributed by atoms with Gasteiger partial charge in [-0.2, -0.15) is 0 Å². The largest absolute Gasteiger partial charge is 0.383 e. The highest BCUT2D eigenvalue weighted by Gasteiger charge is 2.32. The Labute approximate surface area is 128 Å². The molecule has 0 aromatic carbocycles. The van der Waals surface area contributed by atoms with E-state index in [0.717, 1.165) is 18.5 Å². The Balaban J connectivity index is 2.22. The molecule has 118 valence electrons. The summed E-state index contributed by atoms with van der Waals surface area (Å²) >= 11 is 0. The fraction of sp³-hybridized carbons (Fsp3) is 0.706. The average molecular weight is 291 g/mol. The number of methoxy groups -OCH3 is 1. The first kappa shape index (κ1) is 16.2. The van der Waals surface area contributed by atoms with Gasteiger partial charge in [0.1, 0.15) is 5.82 Å². The molecule has 0 radical (unpaired) electrons. The van der Waals surface area contributed by atoms with Gasteiger partial charge in [0, 0.05) is 18.9 Å². The summed E-state index contributed by atoms with van der Waals surface area (Å²) in [4.78, 5) is 4.25. The lowest BCUT2D eigenvalue weighted by Crippen LogP contribution is -2.40. The van der Waals surface area contributed by atoms with Crippen LogP contribution in [0.3, 0.4) is 0 Å². The van der Waals surface area contributed by atoms with Crippen LogP contribution in [0, 0.1) is 5.92 Å². The molecule has 1 heterocycles. The normalized spacial score (nSPS) is 19.3. The summed E-state index contributed by atoms with van der Waals surface area (Å²) in [7, 11) is 1.83. The van der Waals surface area contributed by atoms with Gasteiger partial charge in [-0.25, -0.2) is 4.98 Å². The molecule has 1 saturated carbocycles. The minimum atomic E-state index is 0.131. The first-order valence-electron chi connectivity index (χ1n) is 8.24. The van der Waals surface area contributed by atoms with Crippen LogP contribution < -0.4 is 11.1 Å². The van der Waals surface area contributed by atoms with Crippen molar-refractivity contribution in [3.8, 4) is 0 Å². The third-order valence-electron chi connectivity index (χ3n) is 4.54. The molecule has 0 aliphatic heterocycles. The molecule has 2 unspecified atom stereocenters. The number of nitrogens with zero attached hydrogens (tertiary/aromatic N) is 1. The van der Waals surface area contributed by atoms with E-state index >= 15 is 0 Å². The molecule has 3 N–H and O–H groups in total. The molecule has 1 aromatic rings. The predicted octanol–water partition coefficient (Wildman–Crippen LogP) is 3.30. The van der Waals surface area contributed by atoms with Gasteiger partial charge in [0.25, 0.3) is 0 Å². The highest BCUT2D eigenvalue weighted by Crippen LogP contribution is 2.35. The Bertz CT molecular complexity index is 418. The zero-order chi connectivity index (χ0) is 15.1. The summed E-state index contributed by atoms with van der Waals surface area (Å²) in [5.41, 5.74) is 7.18. The summed E-state index contributed by atoms with van der Waals surface area (Å²) < 4.78 is 5.91. The Morgan fingerprint density at radius 3 is 2.76 bits per heavy atom. The third-order valence-corrected chi connectivity index (χ3v) is 4.54. The first-order valence-corrected chi connectivity index (χ1v) is 8.24. The van der Waals surface area contributed by atoms with Crippen LogP contribution in [-0.2, 0) is 4.74 Å². The second-order valence-corrected chi connectivity index (χ2v) is 6.01. The number of hydrogen-bond acceptors (Lipinski definition) is 4. The second kappa shape index (κ2) is 8.35. The van der Waals surface area contributed by atoms with Crippen molar-refractivity contribution in [3.05, 3.63) is 23.9 Å². The van der Waals surface area contributed by atoms with Gasteiger partial charge in [0.15, 0.2) is 0 Å². The van der Waals surface area contributed by atoms with Crippen molar-refractivity contribution in [3.63, 3.8) is 0 Å². The van der Waals surface area contributed by atoms with Crippen molar-refractivity contribution < 1.29 is 4.74 Å². The molecule has 0 spiro atoms. The van der Waals surface area contributed by atoms with Gasteiger partial charge in [-0.05, 0) is 37.8 Å². The second-order valence-electron chi connectivity index (χ2n) is 6.01. The zero-order valence-corrected chi connectivity index (χ0v) is 13.3. The van der Waals surface area contributed by atoms with Crippen LogP contribution >= 0.6 is 0 Å². The first-order chi connectivity index (χ1) is 10.3. The maximum absolute atomic E-state index is 6.11. The van der Waals surface area contributed by atoms with Crippen LogP contribution in [0.4, 0.5) is 5.82 Å². The summed E-state index contributed by atoms with van der Waals surface area (Å²) in [5.74, 6) is 1.22. The number of pyridine rings is 1. The Kier molecular flexibility index (Phi) is 6.46. The third kappa shape index (κ3) is 4.17. The van der Waals surface area contributed by atoms with Gasteiger partial charge in [-0.3, -0.25) is 0 Å². The van der Waals surface area contributed by atoms with Gasteiger partial charge in [-0.15, -0.1) is 0 Å². The molecule has 0 amide bonds. The van der Waals surface area contributed by atoms with Crippen LogP contribution in [0.15, 0.2) is 18.3 Å². The summed E-state index contributed by atoms with van der Waals surface area (Å²) in [5, 5.41) is 3.63. The number of hydrogen-bond donors (Lipinski definition) is 2. The summed E-state index contributed by atoms with van der Waals surface area (Å²) in [6.45, 7) is 3.14. The van der Waals surface area contributed by atoms with Gasteiger partial charge >= 0.3 is 0 Å². The molecule has 2 atom stereocenters. The molecular formula is C17H29N3O. The quantitative estimate of drug-likeness (QED) is 0.809. The van der Waals surface area contributed by atoms with E-state index < -0.39 is 0 Å². The highest BCUT2D eigenvalue weighted by atomic mass is 16.5. The van der Waals surface area contributed by atoms with Crippen LogP contribution in [0.1, 0.15) is 57.1 Å². The number of nitrogens with two attached hydrogens (primary N) is 1. The minimum absolute atomic E-state index is 0.131. The van der Waals surface area contributed by atoms with Crippen LogP contribution in [-0.4, -0.2) is 24.7 Å². The summed E-state index contributed by atoms with van der Waals surface area (Å²) in [6.07, 6.45) is 9.50. The average Bonchev–Trinajstić information content (AvgIpc) is 2.53. The van der Waals surface area contributed by atoms with E-state index in [4.69, 9.17) is 10.5 Å². The molecule has 1 aromatic heterocycles. The molecule has 21 heavy (non-hydrogen) atoms. The number of aromatic nitrogens is 1. The van der Waals surface area contributed by atoms with Gasteiger partial charge in [-0.1, -0.05) is 32.3 Å². The summed E-state index contributed by atoms with van der Waals surface area (Å²) in [6, 6.07) is 4.16. The van der Waals surface area contributed by atoms with Crippen molar-refractivity contribution in [2.24, 2.45) is 5.92 Å². The molecular weight excluding hydrogens is 262 g/mol. The molecule has 4 heteroatoms. The van der Waals surface area contributed by atoms with E-state index in [9.17, 15) is 0 Å². The Morgan fingerprint density at radius 2 is 2.14 bits per heavy atom. The van der Waals surface area contributed by atoms with Crippen molar-refractivity contribution in [1.29, 1.82) is 0 Å². The van der Waals surface area contributed by atoms with E-state index in [0.29, 0.717) is 11.7 Å². The number of nitrogens with one attached hydrogen (secondary N) is 1. The molecule has 0 saturated heterocycles. The van der Waals surface area contributed by atoms with Crippen molar-refractivity contribution in [2.45, 2.75) is 57.6 Å². The Hall–Kier alpha value is -1.13. The molecule has 0 bridgehead atoms. The van der Waals surface area contributed by atoms with Crippen LogP contribution in [0.25, 0.3) is 0 Å². The number of rotatable bonds is 7. The molecule has 1 aliphatic carbocycles. The van der Waals surface area contributed by atoms with E-state index in [1.807, 2.05) is 13.2 Å². The molecule has 1 aliphatic rings. The predicted molar refractivity (Wildman–Crippen MR) is 87.1 cm³/mol. The van der Waals surface area contributed by atoms with Crippen molar-refractivity contribution >= 4 is 5.82 Å². The van der Waals surface area contributed by atoms with Gasteiger partial charge in [0.05, 0.1) is 12.1 Å². The van der Waals surface area contributed by atoms with Gasteiger partial charge < -0.3 is 15.8 Å². The lowest BCUT2D eigenvalue weighted by Gasteiger charge is -2.36. The zero-order valence-electron chi connectivity index (χ0n) is 13.3. The fourth-order valence-electron chi connectivity index (χ4n) is 3.46. The molecule has 1 fully saturated rings. The monoisotopic (exact) mass is 291 g/mol. The van der Waals surface area contributed by atoms with E-state index in [1.54, 1.807) is 6.20 Å². The molecule has 4 nitrogen and oxygen atoms in total. The number of ether oxygens (including phenoxy) is 1. The van der Waals surface area contributed by atoms with E-state index in [1.165, 1.54) is 32.1 Å². The Morgan fingerprint density at radius 1 is 1.38 bits per heavy atom.